The van der Waals surface area contributed by atoms with Crippen LogP contribution in [-0.2, 0) is 9.53 Å². The summed E-state index contributed by atoms with van der Waals surface area (Å²) < 4.78 is 5.82. The number of carbonyl (C=O) groups excluding carboxylic acids is 1. The topological polar surface area (TPSA) is 29.5 Å². The minimum absolute atomic E-state index is 0.109. The summed E-state index contributed by atoms with van der Waals surface area (Å²) in [7, 11) is 0. The van der Waals surface area contributed by atoms with Gasteiger partial charge in [0.05, 0.1) is 17.3 Å². The van der Waals surface area contributed by atoms with E-state index in [0.29, 0.717) is 17.3 Å². The first-order valence-electron chi connectivity index (χ1n) is 6.56. The molecule has 0 heterocycles. The van der Waals surface area contributed by atoms with Crippen LogP contribution < -0.4 is 4.90 Å². The molecule has 1 amide bonds. The zero-order valence-corrected chi connectivity index (χ0v) is 13.3. The van der Waals surface area contributed by atoms with Crippen LogP contribution in [0.5, 0.6) is 0 Å². The maximum absolute atomic E-state index is 12.1. The van der Waals surface area contributed by atoms with Gasteiger partial charge in [0.15, 0.2) is 0 Å². The van der Waals surface area contributed by atoms with E-state index in [1.807, 2.05) is 39.0 Å². The molecule has 3 nitrogen and oxygen atoms in total. The lowest BCUT2D eigenvalue weighted by Crippen LogP contribution is -2.48. The Balaban J connectivity index is 3.25. The average Bonchev–Trinajstić information content (AvgIpc) is 2.34. The number of hydrogen-bond acceptors (Lipinski definition) is 2. The van der Waals surface area contributed by atoms with Crippen molar-refractivity contribution in [2.45, 2.75) is 33.9 Å². The summed E-state index contributed by atoms with van der Waals surface area (Å²) in [6, 6.07) is 7.27. The minimum Gasteiger partial charge on any atom is -0.353 e. The van der Waals surface area contributed by atoms with Crippen molar-refractivity contribution in [2.75, 3.05) is 11.5 Å². The van der Waals surface area contributed by atoms with Gasteiger partial charge in [-0.2, -0.15) is 0 Å². The number of halogens is 1. The Hall–Kier alpha value is -1.32. The first-order chi connectivity index (χ1) is 9.29. The lowest BCUT2D eigenvalue weighted by atomic mass is 9.92. The second-order valence-electron chi connectivity index (χ2n) is 5.68. The number of ether oxygens (including phenoxy) is 1. The summed E-state index contributed by atoms with van der Waals surface area (Å²) >= 11 is 6.22. The average molecular weight is 296 g/mol. The van der Waals surface area contributed by atoms with Crippen LogP contribution in [0.2, 0.25) is 5.02 Å². The van der Waals surface area contributed by atoms with E-state index in [-0.39, 0.29) is 11.3 Å². The van der Waals surface area contributed by atoms with Crippen molar-refractivity contribution in [2.24, 2.45) is 5.41 Å². The van der Waals surface area contributed by atoms with Gasteiger partial charge in [-0.1, -0.05) is 50.6 Å². The van der Waals surface area contributed by atoms with Crippen molar-refractivity contribution < 1.29 is 9.53 Å². The lowest BCUT2D eigenvalue weighted by Gasteiger charge is -2.39. The van der Waals surface area contributed by atoms with Crippen LogP contribution >= 0.6 is 11.6 Å². The molecule has 4 heteroatoms. The Bertz CT molecular complexity index is 480. The Morgan fingerprint density at radius 1 is 1.45 bits per heavy atom. The molecule has 1 atom stereocenters. The Morgan fingerprint density at radius 3 is 2.50 bits per heavy atom. The summed E-state index contributed by atoms with van der Waals surface area (Å²) in [4.78, 5) is 13.7. The van der Waals surface area contributed by atoms with Crippen LogP contribution in [0.3, 0.4) is 0 Å². The van der Waals surface area contributed by atoms with Gasteiger partial charge in [-0.15, -0.1) is 6.58 Å². The van der Waals surface area contributed by atoms with Crippen molar-refractivity contribution in [3.8, 4) is 0 Å². The molecule has 1 aromatic carbocycles. The van der Waals surface area contributed by atoms with E-state index in [9.17, 15) is 4.79 Å². The molecule has 0 aliphatic carbocycles. The Kier molecular flexibility index (Phi) is 5.78. The molecule has 0 N–H and O–H groups in total. The van der Waals surface area contributed by atoms with Gasteiger partial charge in [-0.05, 0) is 12.1 Å². The third-order valence-electron chi connectivity index (χ3n) is 2.80. The van der Waals surface area contributed by atoms with E-state index in [1.54, 1.807) is 17.0 Å². The maximum Gasteiger partial charge on any atom is 0.226 e. The standard InChI is InChI=1S/C16H22ClNO2/c1-6-11-20-15(16(3,4)5)18(12(2)19)14-10-8-7-9-13(14)17/h6-10,15H,1,11H2,2-5H3. The van der Waals surface area contributed by atoms with Gasteiger partial charge in [0.1, 0.15) is 6.23 Å². The van der Waals surface area contributed by atoms with Crippen LogP contribution in [0.15, 0.2) is 36.9 Å². The molecule has 110 valence electrons. The Morgan fingerprint density at radius 2 is 2.05 bits per heavy atom. The second-order valence-corrected chi connectivity index (χ2v) is 6.09. The zero-order chi connectivity index (χ0) is 15.3. The molecule has 0 aromatic heterocycles. The van der Waals surface area contributed by atoms with Crippen LogP contribution in [0, 0.1) is 5.41 Å². The molecule has 0 spiro atoms. The first-order valence-corrected chi connectivity index (χ1v) is 6.93. The van der Waals surface area contributed by atoms with E-state index < -0.39 is 6.23 Å². The summed E-state index contributed by atoms with van der Waals surface area (Å²) in [6.07, 6.45) is 1.25. The van der Waals surface area contributed by atoms with Crippen LogP contribution in [0.25, 0.3) is 0 Å². The zero-order valence-electron chi connectivity index (χ0n) is 12.5. The highest BCUT2D eigenvalue weighted by molar-refractivity contribution is 6.33. The highest BCUT2D eigenvalue weighted by Crippen LogP contribution is 2.33. The van der Waals surface area contributed by atoms with Crippen LogP contribution in [0.4, 0.5) is 5.69 Å². The normalized spacial score (nSPS) is 12.8. The maximum atomic E-state index is 12.1. The number of benzene rings is 1. The monoisotopic (exact) mass is 295 g/mol. The smallest absolute Gasteiger partial charge is 0.226 e. The predicted octanol–water partition coefficient (Wildman–Crippen LogP) is 4.27. The molecular formula is C16H22ClNO2. The first kappa shape index (κ1) is 16.7. The number of anilines is 1. The van der Waals surface area contributed by atoms with Gasteiger partial charge in [0.25, 0.3) is 0 Å². The number of para-hydroxylation sites is 1. The van der Waals surface area contributed by atoms with E-state index in [2.05, 4.69) is 6.58 Å². The lowest BCUT2D eigenvalue weighted by molar-refractivity contribution is -0.121. The van der Waals surface area contributed by atoms with Gasteiger partial charge in [0, 0.05) is 12.3 Å². The van der Waals surface area contributed by atoms with Crippen molar-refractivity contribution in [1.82, 2.24) is 0 Å². The number of hydrogen-bond donors (Lipinski definition) is 0. The summed E-state index contributed by atoms with van der Waals surface area (Å²) in [6.45, 7) is 11.6. The molecule has 0 fully saturated rings. The highest BCUT2D eigenvalue weighted by atomic mass is 35.5. The van der Waals surface area contributed by atoms with Crippen molar-refractivity contribution in [3.05, 3.63) is 41.9 Å². The van der Waals surface area contributed by atoms with Crippen LogP contribution in [-0.4, -0.2) is 18.7 Å². The fraction of sp³-hybridized carbons (Fsp3) is 0.438. The van der Waals surface area contributed by atoms with Crippen molar-refractivity contribution in [1.29, 1.82) is 0 Å². The summed E-state index contributed by atoms with van der Waals surface area (Å²) in [5, 5.41) is 0.527. The van der Waals surface area contributed by atoms with Crippen molar-refractivity contribution in [3.63, 3.8) is 0 Å². The molecule has 0 bridgehead atoms. The summed E-state index contributed by atoms with van der Waals surface area (Å²) in [5.41, 5.74) is 0.402. The molecule has 0 aliphatic heterocycles. The fourth-order valence-electron chi connectivity index (χ4n) is 1.98. The predicted molar refractivity (Wildman–Crippen MR) is 84.0 cm³/mol. The fourth-order valence-corrected chi connectivity index (χ4v) is 2.21. The van der Waals surface area contributed by atoms with Gasteiger partial charge >= 0.3 is 0 Å². The molecule has 0 saturated heterocycles. The third kappa shape index (κ3) is 4.09. The highest BCUT2D eigenvalue weighted by Gasteiger charge is 2.34. The molecule has 0 aliphatic rings. The van der Waals surface area contributed by atoms with E-state index in [0.717, 1.165) is 0 Å². The van der Waals surface area contributed by atoms with Gasteiger partial charge in [-0.3, -0.25) is 9.69 Å². The SMILES string of the molecule is C=CCOC(N(C(C)=O)c1ccccc1Cl)C(C)(C)C. The molecule has 20 heavy (non-hydrogen) atoms. The second kappa shape index (κ2) is 6.91. The van der Waals surface area contributed by atoms with E-state index in [4.69, 9.17) is 16.3 Å². The van der Waals surface area contributed by atoms with E-state index in [1.165, 1.54) is 6.92 Å². The van der Waals surface area contributed by atoms with E-state index >= 15 is 0 Å². The third-order valence-corrected chi connectivity index (χ3v) is 3.12. The summed E-state index contributed by atoms with van der Waals surface area (Å²) in [5.74, 6) is -0.109. The number of amides is 1. The minimum atomic E-state index is -0.419. The van der Waals surface area contributed by atoms with Gasteiger partial charge in [0.2, 0.25) is 5.91 Å². The Labute approximate surface area is 126 Å². The van der Waals surface area contributed by atoms with Gasteiger partial charge < -0.3 is 4.74 Å². The number of carbonyl (C=O) groups is 1. The number of rotatable bonds is 5. The number of nitrogens with zero attached hydrogens (tertiary/aromatic N) is 1. The largest absolute Gasteiger partial charge is 0.353 e. The molecule has 1 unspecified atom stereocenters. The molecule has 0 radical (unpaired) electrons. The van der Waals surface area contributed by atoms with Crippen molar-refractivity contribution >= 4 is 23.2 Å². The van der Waals surface area contributed by atoms with Gasteiger partial charge in [-0.25, -0.2) is 0 Å². The quantitative estimate of drug-likeness (QED) is 0.600. The molecule has 1 rings (SSSR count). The molecule has 1 aromatic rings. The molecular weight excluding hydrogens is 274 g/mol. The molecule has 0 saturated carbocycles. The van der Waals surface area contributed by atoms with Crippen LogP contribution in [0.1, 0.15) is 27.7 Å².